The van der Waals surface area contributed by atoms with Gasteiger partial charge >= 0.3 is 0 Å². The summed E-state index contributed by atoms with van der Waals surface area (Å²) in [5, 5.41) is 9.10. The first-order valence-electron chi connectivity index (χ1n) is 5.77. The normalized spacial score (nSPS) is 21.6. The van der Waals surface area contributed by atoms with Gasteiger partial charge in [0.2, 0.25) is 0 Å². The van der Waals surface area contributed by atoms with Gasteiger partial charge in [-0.3, -0.25) is 4.90 Å². The molecular weight excluding hydrogens is 266 g/mol. The fourth-order valence-electron chi connectivity index (χ4n) is 2.23. The van der Waals surface area contributed by atoms with Crippen LogP contribution >= 0.6 is 15.9 Å². The summed E-state index contributed by atoms with van der Waals surface area (Å²) in [6.07, 6.45) is 1.12. The summed E-state index contributed by atoms with van der Waals surface area (Å²) in [5.41, 5.74) is 2.62. The van der Waals surface area contributed by atoms with Crippen LogP contribution in [0.1, 0.15) is 17.5 Å². The minimum atomic E-state index is 0.325. The van der Waals surface area contributed by atoms with Gasteiger partial charge in [-0.2, -0.15) is 0 Å². The molecule has 0 aromatic heterocycles. The Labute approximate surface area is 105 Å². The van der Waals surface area contributed by atoms with Gasteiger partial charge in [0.25, 0.3) is 0 Å². The Hall–Kier alpha value is -0.380. The van der Waals surface area contributed by atoms with E-state index in [4.69, 9.17) is 5.11 Å². The molecule has 88 valence electrons. The predicted molar refractivity (Wildman–Crippen MR) is 69.3 cm³/mol. The van der Waals surface area contributed by atoms with Gasteiger partial charge < -0.3 is 5.11 Å². The molecule has 0 amide bonds. The molecule has 0 aliphatic carbocycles. The van der Waals surface area contributed by atoms with E-state index in [1.807, 2.05) is 0 Å². The van der Waals surface area contributed by atoms with E-state index in [2.05, 4.69) is 46.0 Å². The predicted octanol–water partition coefficient (Wildman–Crippen LogP) is 2.57. The molecule has 0 bridgehead atoms. The van der Waals surface area contributed by atoms with Crippen LogP contribution in [0.3, 0.4) is 0 Å². The third-order valence-electron chi connectivity index (χ3n) is 3.23. The molecule has 1 aromatic carbocycles. The smallest absolute Gasteiger partial charge is 0.0471 e. The summed E-state index contributed by atoms with van der Waals surface area (Å²) in [6.45, 7) is 5.54. The average molecular weight is 284 g/mol. The van der Waals surface area contributed by atoms with Crippen molar-refractivity contribution in [3.8, 4) is 0 Å². The summed E-state index contributed by atoms with van der Waals surface area (Å²) < 4.78 is 1.19. The van der Waals surface area contributed by atoms with E-state index in [0.717, 1.165) is 26.1 Å². The molecule has 0 radical (unpaired) electrons. The lowest BCUT2D eigenvalue weighted by Gasteiger charge is -2.16. The summed E-state index contributed by atoms with van der Waals surface area (Å²) >= 11 is 3.61. The number of benzene rings is 1. The highest BCUT2D eigenvalue weighted by Crippen LogP contribution is 2.23. The second kappa shape index (κ2) is 5.30. The molecule has 2 rings (SSSR count). The number of rotatable bonds is 3. The molecule has 16 heavy (non-hydrogen) atoms. The van der Waals surface area contributed by atoms with Crippen molar-refractivity contribution in [2.45, 2.75) is 19.9 Å². The van der Waals surface area contributed by atoms with Crippen molar-refractivity contribution in [1.82, 2.24) is 4.90 Å². The molecule has 1 aliphatic rings. The quantitative estimate of drug-likeness (QED) is 0.922. The van der Waals surface area contributed by atoms with Crippen LogP contribution in [0.25, 0.3) is 0 Å². The molecule has 1 atom stereocenters. The van der Waals surface area contributed by atoms with Gasteiger partial charge in [0.15, 0.2) is 0 Å². The fraction of sp³-hybridized carbons (Fsp3) is 0.538. The van der Waals surface area contributed by atoms with Crippen molar-refractivity contribution in [2.24, 2.45) is 5.92 Å². The Bertz CT molecular complexity index is 367. The Morgan fingerprint density at radius 1 is 1.50 bits per heavy atom. The van der Waals surface area contributed by atoms with Crippen LogP contribution < -0.4 is 0 Å². The maximum Gasteiger partial charge on any atom is 0.0471 e. The topological polar surface area (TPSA) is 23.5 Å². The van der Waals surface area contributed by atoms with Gasteiger partial charge in [0.1, 0.15) is 0 Å². The molecule has 1 heterocycles. The number of hydrogen-bond donors (Lipinski definition) is 1. The Kier molecular flexibility index (Phi) is 4.00. The Morgan fingerprint density at radius 2 is 2.31 bits per heavy atom. The minimum Gasteiger partial charge on any atom is -0.396 e. The maximum absolute atomic E-state index is 9.10. The van der Waals surface area contributed by atoms with Crippen molar-refractivity contribution in [1.29, 1.82) is 0 Å². The monoisotopic (exact) mass is 283 g/mol. The van der Waals surface area contributed by atoms with Crippen LogP contribution in [-0.4, -0.2) is 29.7 Å². The van der Waals surface area contributed by atoms with Gasteiger partial charge in [-0.15, -0.1) is 0 Å². The highest BCUT2D eigenvalue weighted by molar-refractivity contribution is 9.10. The van der Waals surface area contributed by atoms with Crippen LogP contribution in [0.4, 0.5) is 0 Å². The number of aliphatic hydroxyl groups excluding tert-OH is 1. The van der Waals surface area contributed by atoms with E-state index in [-0.39, 0.29) is 0 Å². The van der Waals surface area contributed by atoms with E-state index < -0.39 is 0 Å². The molecule has 1 aliphatic heterocycles. The van der Waals surface area contributed by atoms with Crippen molar-refractivity contribution in [3.05, 3.63) is 33.8 Å². The SMILES string of the molecule is Cc1ccc(CN2CCC(CO)C2)c(Br)c1. The second-order valence-corrected chi connectivity index (χ2v) is 5.52. The molecule has 1 unspecified atom stereocenters. The second-order valence-electron chi connectivity index (χ2n) is 4.67. The lowest BCUT2D eigenvalue weighted by Crippen LogP contribution is -2.21. The highest BCUT2D eigenvalue weighted by atomic mass is 79.9. The number of aryl methyl sites for hydroxylation is 1. The van der Waals surface area contributed by atoms with Crippen LogP contribution in [0.2, 0.25) is 0 Å². The van der Waals surface area contributed by atoms with E-state index >= 15 is 0 Å². The molecule has 1 N–H and O–H groups in total. The standard InChI is InChI=1S/C13H18BrNO/c1-10-2-3-12(13(14)6-10)8-15-5-4-11(7-15)9-16/h2-3,6,11,16H,4-5,7-9H2,1H3. The molecule has 0 spiro atoms. The van der Waals surface area contributed by atoms with E-state index in [0.29, 0.717) is 12.5 Å². The third kappa shape index (κ3) is 2.84. The van der Waals surface area contributed by atoms with E-state index in [1.54, 1.807) is 0 Å². The van der Waals surface area contributed by atoms with Crippen molar-refractivity contribution in [2.75, 3.05) is 19.7 Å². The lowest BCUT2D eigenvalue weighted by molar-refractivity contribution is 0.220. The molecule has 1 saturated heterocycles. The molecule has 0 saturated carbocycles. The van der Waals surface area contributed by atoms with Gasteiger partial charge in [-0.25, -0.2) is 0 Å². The molecular formula is C13H18BrNO. The molecule has 2 nitrogen and oxygen atoms in total. The first-order valence-corrected chi connectivity index (χ1v) is 6.56. The van der Waals surface area contributed by atoms with E-state index in [9.17, 15) is 0 Å². The zero-order valence-corrected chi connectivity index (χ0v) is 11.2. The fourth-order valence-corrected chi connectivity index (χ4v) is 2.85. The minimum absolute atomic E-state index is 0.325. The zero-order valence-electron chi connectivity index (χ0n) is 9.62. The summed E-state index contributed by atoms with van der Waals surface area (Å²) in [4.78, 5) is 2.41. The Balaban J connectivity index is 1.99. The molecule has 1 aromatic rings. The Morgan fingerprint density at radius 3 is 2.94 bits per heavy atom. The first kappa shape index (κ1) is 12.1. The summed E-state index contributed by atoms with van der Waals surface area (Å²) in [6, 6.07) is 6.50. The van der Waals surface area contributed by atoms with Gasteiger partial charge in [0.05, 0.1) is 0 Å². The number of halogens is 1. The van der Waals surface area contributed by atoms with Crippen LogP contribution in [0.5, 0.6) is 0 Å². The van der Waals surface area contributed by atoms with Crippen LogP contribution in [-0.2, 0) is 6.54 Å². The number of aliphatic hydroxyl groups is 1. The number of nitrogens with zero attached hydrogens (tertiary/aromatic N) is 1. The van der Waals surface area contributed by atoms with Crippen LogP contribution in [0, 0.1) is 12.8 Å². The van der Waals surface area contributed by atoms with Gasteiger partial charge in [0, 0.05) is 24.2 Å². The summed E-state index contributed by atoms with van der Waals surface area (Å²) in [5.74, 6) is 0.476. The van der Waals surface area contributed by atoms with Crippen molar-refractivity contribution in [3.63, 3.8) is 0 Å². The van der Waals surface area contributed by atoms with Gasteiger partial charge in [-0.1, -0.05) is 28.1 Å². The zero-order chi connectivity index (χ0) is 11.5. The van der Waals surface area contributed by atoms with E-state index in [1.165, 1.54) is 15.6 Å². The lowest BCUT2D eigenvalue weighted by atomic mass is 10.1. The molecule has 1 fully saturated rings. The van der Waals surface area contributed by atoms with Crippen LogP contribution in [0.15, 0.2) is 22.7 Å². The van der Waals surface area contributed by atoms with Gasteiger partial charge in [-0.05, 0) is 43.0 Å². The maximum atomic E-state index is 9.10. The summed E-state index contributed by atoms with van der Waals surface area (Å²) in [7, 11) is 0. The van der Waals surface area contributed by atoms with Crippen molar-refractivity contribution < 1.29 is 5.11 Å². The largest absolute Gasteiger partial charge is 0.396 e. The highest BCUT2D eigenvalue weighted by Gasteiger charge is 2.21. The third-order valence-corrected chi connectivity index (χ3v) is 3.97. The molecule has 3 heteroatoms. The van der Waals surface area contributed by atoms with Crippen molar-refractivity contribution >= 4 is 15.9 Å². The number of hydrogen-bond acceptors (Lipinski definition) is 2. The average Bonchev–Trinajstić information content (AvgIpc) is 2.70. The first-order chi connectivity index (χ1) is 7.69. The number of likely N-dealkylation sites (tertiary alicyclic amines) is 1.